The molecule has 0 radical (unpaired) electrons. The first kappa shape index (κ1) is 13.8. The molecule has 0 aliphatic heterocycles. The summed E-state index contributed by atoms with van der Waals surface area (Å²) in [7, 11) is 0. The molecule has 4 aliphatic rings. The van der Waals surface area contributed by atoms with E-state index in [1.807, 2.05) is 19.1 Å². The highest BCUT2D eigenvalue weighted by atomic mass is 35.5. The monoisotopic (exact) mass is 305 g/mol. The molecule has 0 spiro atoms. The van der Waals surface area contributed by atoms with Crippen molar-refractivity contribution in [3.63, 3.8) is 0 Å². The Kier molecular flexibility index (Phi) is 3.53. The summed E-state index contributed by atoms with van der Waals surface area (Å²) in [4.78, 5) is 0. The predicted molar refractivity (Wildman–Crippen MR) is 87.1 cm³/mol. The SMILES string of the molecule is CCOc1ccc(NC2C3CC4CC(C3)CC2C4)cc1Cl. The third kappa shape index (κ3) is 2.52. The lowest BCUT2D eigenvalue weighted by molar-refractivity contribution is 0.00754. The molecule has 5 rings (SSSR count). The van der Waals surface area contributed by atoms with Crippen molar-refractivity contribution in [3.05, 3.63) is 23.2 Å². The van der Waals surface area contributed by atoms with Gasteiger partial charge in [-0.05, 0) is 80.9 Å². The molecule has 1 N–H and O–H groups in total. The van der Waals surface area contributed by atoms with Crippen LogP contribution >= 0.6 is 11.6 Å². The van der Waals surface area contributed by atoms with Crippen molar-refractivity contribution in [1.29, 1.82) is 0 Å². The molecular formula is C18H24ClNO. The molecule has 0 heterocycles. The molecule has 0 unspecified atom stereocenters. The van der Waals surface area contributed by atoms with Crippen LogP contribution in [0.15, 0.2) is 18.2 Å². The molecule has 0 atom stereocenters. The van der Waals surface area contributed by atoms with Crippen LogP contribution in [0.3, 0.4) is 0 Å². The van der Waals surface area contributed by atoms with Gasteiger partial charge in [-0.25, -0.2) is 0 Å². The van der Waals surface area contributed by atoms with Crippen LogP contribution in [0.25, 0.3) is 0 Å². The molecule has 0 amide bonds. The van der Waals surface area contributed by atoms with E-state index in [9.17, 15) is 0 Å². The maximum Gasteiger partial charge on any atom is 0.138 e. The fourth-order valence-electron chi connectivity index (χ4n) is 5.22. The van der Waals surface area contributed by atoms with Crippen molar-refractivity contribution >= 4 is 17.3 Å². The van der Waals surface area contributed by atoms with Crippen molar-refractivity contribution in [3.8, 4) is 5.75 Å². The summed E-state index contributed by atoms with van der Waals surface area (Å²) in [5, 5.41) is 4.51. The zero-order valence-corrected chi connectivity index (χ0v) is 13.4. The highest BCUT2D eigenvalue weighted by Crippen LogP contribution is 2.54. The van der Waals surface area contributed by atoms with E-state index >= 15 is 0 Å². The maximum absolute atomic E-state index is 6.31. The molecule has 1 aromatic rings. The van der Waals surface area contributed by atoms with Crippen LogP contribution in [-0.2, 0) is 0 Å². The van der Waals surface area contributed by atoms with E-state index in [2.05, 4.69) is 11.4 Å². The van der Waals surface area contributed by atoms with Crippen LogP contribution in [0.5, 0.6) is 5.75 Å². The van der Waals surface area contributed by atoms with Crippen LogP contribution in [-0.4, -0.2) is 12.6 Å². The Morgan fingerprint density at radius 1 is 1.10 bits per heavy atom. The number of halogens is 1. The Balaban J connectivity index is 1.50. The van der Waals surface area contributed by atoms with Crippen LogP contribution in [0, 0.1) is 23.7 Å². The Hall–Kier alpha value is -0.890. The minimum absolute atomic E-state index is 0.655. The third-order valence-electron chi connectivity index (χ3n) is 5.79. The van der Waals surface area contributed by atoms with Crippen molar-refractivity contribution in [2.45, 2.75) is 45.1 Å². The first-order valence-corrected chi connectivity index (χ1v) is 8.79. The van der Waals surface area contributed by atoms with Crippen molar-refractivity contribution in [1.82, 2.24) is 0 Å². The van der Waals surface area contributed by atoms with E-state index in [1.165, 1.54) is 32.1 Å². The van der Waals surface area contributed by atoms with Gasteiger partial charge in [-0.3, -0.25) is 0 Å². The van der Waals surface area contributed by atoms with Crippen LogP contribution in [0.2, 0.25) is 5.02 Å². The first-order valence-electron chi connectivity index (χ1n) is 8.41. The van der Waals surface area contributed by atoms with E-state index in [0.29, 0.717) is 17.7 Å². The number of rotatable bonds is 4. The van der Waals surface area contributed by atoms with Gasteiger partial charge in [0, 0.05) is 11.7 Å². The number of anilines is 1. The molecule has 4 fully saturated rings. The van der Waals surface area contributed by atoms with Crippen LogP contribution in [0.4, 0.5) is 5.69 Å². The van der Waals surface area contributed by atoms with E-state index in [1.54, 1.807) is 0 Å². The average molecular weight is 306 g/mol. The van der Waals surface area contributed by atoms with Crippen LogP contribution in [0.1, 0.15) is 39.0 Å². The van der Waals surface area contributed by atoms with Gasteiger partial charge in [-0.15, -0.1) is 0 Å². The topological polar surface area (TPSA) is 21.3 Å². The lowest BCUT2D eigenvalue weighted by atomic mass is 9.54. The fraction of sp³-hybridized carbons (Fsp3) is 0.667. The van der Waals surface area contributed by atoms with Crippen molar-refractivity contribution < 1.29 is 4.74 Å². The largest absolute Gasteiger partial charge is 0.492 e. The van der Waals surface area contributed by atoms with E-state index < -0.39 is 0 Å². The average Bonchev–Trinajstić information content (AvgIpc) is 2.45. The van der Waals surface area contributed by atoms with Gasteiger partial charge in [0.2, 0.25) is 0 Å². The maximum atomic E-state index is 6.31. The zero-order chi connectivity index (χ0) is 14.4. The number of hydrogen-bond acceptors (Lipinski definition) is 2. The highest BCUT2D eigenvalue weighted by Gasteiger charge is 2.48. The van der Waals surface area contributed by atoms with Gasteiger partial charge in [0.05, 0.1) is 11.6 Å². The number of nitrogens with one attached hydrogen (secondary N) is 1. The summed E-state index contributed by atoms with van der Waals surface area (Å²) in [5.41, 5.74) is 1.15. The Morgan fingerprint density at radius 2 is 1.76 bits per heavy atom. The summed E-state index contributed by atoms with van der Waals surface area (Å²) in [6.07, 6.45) is 7.27. The second-order valence-electron chi connectivity index (χ2n) is 7.18. The Morgan fingerprint density at radius 3 is 2.33 bits per heavy atom. The van der Waals surface area contributed by atoms with E-state index in [0.717, 1.165) is 35.1 Å². The van der Waals surface area contributed by atoms with E-state index in [-0.39, 0.29) is 0 Å². The minimum Gasteiger partial charge on any atom is -0.492 e. The molecule has 0 aromatic heterocycles. The normalized spacial score (nSPS) is 36.8. The minimum atomic E-state index is 0.655. The predicted octanol–water partition coefficient (Wildman–Crippen LogP) is 4.98. The van der Waals surface area contributed by atoms with Gasteiger partial charge < -0.3 is 10.1 Å². The molecule has 1 aromatic carbocycles. The van der Waals surface area contributed by atoms with Gasteiger partial charge in [0.25, 0.3) is 0 Å². The molecule has 114 valence electrons. The number of hydrogen-bond donors (Lipinski definition) is 1. The summed E-state index contributed by atoms with van der Waals surface area (Å²) >= 11 is 6.31. The first-order chi connectivity index (χ1) is 10.2. The molecule has 4 aliphatic carbocycles. The number of benzene rings is 1. The molecular weight excluding hydrogens is 282 g/mol. The number of ether oxygens (including phenoxy) is 1. The summed E-state index contributed by atoms with van der Waals surface area (Å²) in [5.74, 6) is 4.59. The van der Waals surface area contributed by atoms with Gasteiger partial charge in [0.1, 0.15) is 5.75 Å². The third-order valence-corrected chi connectivity index (χ3v) is 6.09. The Labute approximate surface area is 132 Å². The summed E-state index contributed by atoms with van der Waals surface area (Å²) in [6, 6.07) is 6.79. The smallest absolute Gasteiger partial charge is 0.138 e. The highest BCUT2D eigenvalue weighted by molar-refractivity contribution is 6.32. The molecule has 21 heavy (non-hydrogen) atoms. The quantitative estimate of drug-likeness (QED) is 0.847. The molecule has 4 saturated carbocycles. The standard InChI is InChI=1S/C18H24ClNO/c1-2-21-17-4-3-15(10-16(17)19)20-18-13-6-11-5-12(8-13)9-14(18)7-11/h3-4,10-14,18,20H,2,5-9H2,1H3. The molecule has 3 heteroatoms. The van der Waals surface area contributed by atoms with Crippen molar-refractivity contribution in [2.24, 2.45) is 23.7 Å². The zero-order valence-electron chi connectivity index (χ0n) is 12.6. The lowest BCUT2D eigenvalue weighted by Crippen LogP contribution is -2.51. The summed E-state index contributed by atoms with van der Waals surface area (Å²) in [6.45, 7) is 2.64. The summed E-state index contributed by atoms with van der Waals surface area (Å²) < 4.78 is 5.52. The van der Waals surface area contributed by atoms with Gasteiger partial charge in [-0.2, -0.15) is 0 Å². The molecule has 2 nitrogen and oxygen atoms in total. The molecule has 0 saturated heterocycles. The Bertz CT molecular complexity index is 502. The second kappa shape index (κ2) is 5.39. The van der Waals surface area contributed by atoms with Gasteiger partial charge >= 0.3 is 0 Å². The van der Waals surface area contributed by atoms with E-state index in [4.69, 9.17) is 16.3 Å². The molecule has 4 bridgehead atoms. The van der Waals surface area contributed by atoms with Gasteiger partial charge in [-0.1, -0.05) is 11.6 Å². The lowest BCUT2D eigenvalue weighted by Gasteiger charge is -2.54. The second-order valence-corrected chi connectivity index (χ2v) is 7.59. The van der Waals surface area contributed by atoms with Gasteiger partial charge in [0.15, 0.2) is 0 Å². The van der Waals surface area contributed by atoms with Crippen LogP contribution < -0.4 is 10.1 Å². The fourth-order valence-corrected chi connectivity index (χ4v) is 5.45. The van der Waals surface area contributed by atoms with Crippen molar-refractivity contribution in [2.75, 3.05) is 11.9 Å².